The fourth-order valence-electron chi connectivity index (χ4n) is 1.37. The number of hydrogen-bond acceptors (Lipinski definition) is 4. The monoisotopic (exact) mass is 225 g/mol. The van der Waals surface area contributed by atoms with Gasteiger partial charge in [0.15, 0.2) is 0 Å². The molecule has 16 heavy (non-hydrogen) atoms. The molecule has 2 atom stereocenters. The van der Waals surface area contributed by atoms with Crippen molar-refractivity contribution in [1.82, 2.24) is 5.32 Å². The lowest BCUT2D eigenvalue weighted by molar-refractivity contribution is 0.0202. The molecule has 1 aromatic carbocycles. The number of carboxylic acid groups (broad SMARTS) is 1. The van der Waals surface area contributed by atoms with Gasteiger partial charge < -0.3 is 20.6 Å². The molecule has 0 aliphatic heterocycles. The molecule has 0 fully saturated rings. The lowest BCUT2D eigenvalue weighted by Crippen LogP contribution is -2.29. The van der Waals surface area contributed by atoms with Crippen molar-refractivity contribution in [3.8, 4) is 0 Å². The molecular formula is C11H15NO4. The Labute approximate surface area is 93.4 Å². The van der Waals surface area contributed by atoms with Gasteiger partial charge in [0.25, 0.3) is 0 Å². The summed E-state index contributed by atoms with van der Waals surface area (Å²) in [7, 11) is 1.67. The molecule has 0 bridgehead atoms. The average molecular weight is 225 g/mol. The molecule has 88 valence electrons. The van der Waals surface area contributed by atoms with E-state index in [1.54, 1.807) is 7.05 Å². The van der Waals surface area contributed by atoms with Crippen molar-refractivity contribution in [2.75, 3.05) is 13.6 Å². The van der Waals surface area contributed by atoms with E-state index in [0.29, 0.717) is 5.56 Å². The summed E-state index contributed by atoms with van der Waals surface area (Å²) in [6, 6.07) is 5.78. The number of hydrogen-bond donors (Lipinski definition) is 4. The van der Waals surface area contributed by atoms with Gasteiger partial charge in [-0.15, -0.1) is 0 Å². The highest BCUT2D eigenvalue weighted by Crippen LogP contribution is 2.17. The Morgan fingerprint density at radius 3 is 2.31 bits per heavy atom. The summed E-state index contributed by atoms with van der Waals surface area (Å²) in [5.74, 6) is -1.02. The number of aromatic carboxylic acids is 1. The van der Waals surface area contributed by atoms with Gasteiger partial charge in [-0.2, -0.15) is 0 Å². The largest absolute Gasteiger partial charge is 0.478 e. The molecule has 0 aliphatic rings. The van der Waals surface area contributed by atoms with Crippen molar-refractivity contribution in [3.63, 3.8) is 0 Å². The van der Waals surface area contributed by atoms with E-state index in [2.05, 4.69) is 5.32 Å². The number of aliphatic hydroxyl groups excluding tert-OH is 2. The third-order valence-corrected chi connectivity index (χ3v) is 2.28. The standard InChI is InChI=1S/C11H15NO4/c1-12-6-9(13)10(14)7-2-4-8(5-3-7)11(15)16/h2-5,9-10,12-14H,6H2,1H3,(H,15,16). The van der Waals surface area contributed by atoms with Crippen LogP contribution in [0, 0.1) is 0 Å². The molecule has 0 saturated heterocycles. The normalized spacial score (nSPS) is 14.4. The molecule has 5 nitrogen and oxygen atoms in total. The molecule has 0 radical (unpaired) electrons. The fourth-order valence-corrected chi connectivity index (χ4v) is 1.37. The average Bonchev–Trinajstić information content (AvgIpc) is 2.28. The van der Waals surface area contributed by atoms with Gasteiger partial charge in [0.05, 0.1) is 11.7 Å². The van der Waals surface area contributed by atoms with Crippen LogP contribution in [0.15, 0.2) is 24.3 Å². The summed E-state index contributed by atoms with van der Waals surface area (Å²) < 4.78 is 0. The summed E-state index contributed by atoms with van der Waals surface area (Å²) in [4.78, 5) is 10.6. The van der Waals surface area contributed by atoms with Crippen molar-refractivity contribution in [3.05, 3.63) is 35.4 Å². The zero-order chi connectivity index (χ0) is 12.1. The van der Waals surface area contributed by atoms with Crippen molar-refractivity contribution >= 4 is 5.97 Å². The first-order valence-corrected chi connectivity index (χ1v) is 4.90. The SMILES string of the molecule is CNCC(O)C(O)c1ccc(C(=O)O)cc1. The number of benzene rings is 1. The third-order valence-electron chi connectivity index (χ3n) is 2.28. The van der Waals surface area contributed by atoms with Crippen LogP contribution in [-0.2, 0) is 0 Å². The van der Waals surface area contributed by atoms with Gasteiger partial charge in [-0.3, -0.25) is 0 Å². The first-order valence-electron chi connectivity index (χ1n) is 4.90. The molecule has 1 aromatic rings. The lowest BCUT2D eigenvalue weighted by atomic mass is 10.0. The topological polar surface area (TPSA) is 89.8 Å². The number of aliphatic hydroxyl groups is 2. The van der Waals surface area contributed by atoms with Crippen LogP contribution in [0.1, 0.15) is 22.0 Å². The minimum absolute atomic E-state index is 0.152. The van der Waals surface area contributed by atoms with E-state index in [1.807, 2.05) is 0 Å². The predicted octanol–water partition coefficient (Wildman–Crippen LogP) is -0.00150. The van der Waals surface area contributed by atoms with Crippen LogP contribution in [0.5, 0.6) is 0 Å². The molecule has 0 aromatic heterocycles. The summed E-state index contributed by atoms with van der Waals surface area (Å²) in [5, 5.41) is 30.7. The minimum atomic E-state index is -1.02. The Morgan fingerprint density at radius 2 is 1.88 bits per heavy atom. The van der Waals surface area contributed by atoms with E-state index >= 15 is 0 Å². The van der Waals surface area contributed by atoms with Crippen molar-refractivity contribution in [1.29, 1.82) is 0 Å². The van der Waals surface area contributed by atoms with Crippen LogP contribution in [0.3, 0.4) is 0 Å². The van der Waals surface area contributed by atoms with Crippen LogP contribution in [0.25, 0.3) is 0 Å². The molecule has 2 unspecified atom stereocenters. The molecule has 5 heteroatoms. The highest BCUT2D eigenvalue weighted by atomic mass is 16.4. The van der Waals surface area contributed by atoms with Gasteiger partial charge in [0, 0.05) is 6.54 Å². The van der Waals surface area contributed by atoms with Gasteiger partial charge in [-0.25, -0.2) is 4.79 Å². The van der Waals surface area contributed by atoms with E-state index in [1.165, 1.54) is 24.3 Å². The zero-order valence-corrected chi connectivity index (χ0v) is 8.92. The van der Waals surface area contributed by atoms with E-state index in [-0.39, 0.29) is 12.1 Å². The first kappa shape index (κ1) is 12.6. The molecular weight excluding hydrogens is 210 g/mol. The van der Waals surface area contributed by atoms with Crippen LogP contribution in [0.4, 0.5) is 0 Å². The Balaban J connectivity index is 2.77. The molecule has 0 spiro atoms. The number of rotatable bonds is 5. The van der Waals surface area contributed by atoms with Gasteiger partial charge in [0.2, 0.25) is 0 Å². The Morgan fingerprint density at radius 1 is 1.31 bits per heavy atom. The predicted molar refractivity (Wildman–Crippen MR) is 58.3 cm³/mol. The fraction of sp³-hybridized carbons (Fsp3) is 0.364. The smallest absolute Gasteiger partial charge is 0.335 e. The third kappa shape index (κ3) is 3.03. The highest BCUT2D eigenvalue weighted by Gasteiger charge is 2.17. The Bertz CT molecular complexity index is 350. The lowest BCUT2D eigenvalue weighted by Gasteiger charge is -2.17. The van der Waals surface area contributed by atoms with Crippen molar-refractivity contribution in [2.24, 2.45) is 0 Å². The van der Waals surface area contributed by atoms with Gasteiger partial charge in [-0.05, 0) is 24.7 Å². The number of carboxylic acids is 1. The second-order valence-corrected chi connectivity index (χ2v) is 3.50. The Kier molecular flexibility index (Phi) is 4.42. The minimum Gasteiger partial charge on any atom is -0.478 e. The molecule has 4 N–H and O–H groups in total. The summed E-state index contributed by atoms with van der Waals surface area (Å²) >= 11 is 0. The summed E-state index contributed by atoms with van der Waals surface area (Å²) in [6.07, 6.45) is -1.93. The molecule has 0 amide bonds. The maximum absolute atomic E-state index is 10.6. The van der Waals surface area contributed by atoms with E-state index in [4.69, 9.17) is 5.11 Å². The molecule has 0 heterocycles. The van der Waals surface area contributed by atoms with Gasteiger partial charge >= 0.3 is 5.97 Å². The molecule has 0 saturated carbocycles. The number of carbonyl (C=O) groups is 1. The van der Waals surface area contributed by atoms with Crippen molar-refractivity contribution in [2.45, 2.75) is 12.2 Å². The second kappa shape index (κ2) is 5.60. The molecule has 0 aliphatic carbocycles. The first-order chi connectivity index (χ1) is 7.56. The maximum atomic E-state index is 10.6. The molecule has 1 rings (SSSR count). The number of nitrogens with one attached hydrogen (secondary N) is 1. The van der Waals surface area contributed by atoms with Gasteiger partial charge in [-0.1, -0.05) is 12.1 Å². The summed E-state index contributed by atoms with van der Waals surface area (Å²) in [5.41, 5.74) is 0.645. The maximum Gasteiger partial charge on any atom is 0.335 e. The quantitative estimate of drug-likeness (QED) is 0.566. The van der Waals surface area contributed by atoms with Crippen LogP contribution in [0.2, 0.25) is 0 Å². The van der Waals surface area contributed by atoms with E-state index < -0.39 is 18.2 Å². The summed E-state index contributed by atoms with van der Waals surface area (Å²) in [6.45, 7) is 0.266. The highest BCUT2D eigenvalue weighted by molar-refractivity contribution is 5.87. The van der Waals surface area contributed by atoms with Crippen LogP contribution < -0.4 is 5.32 Å². The van der Waals surface area contributed by atoms with Gasteiger partial charge in [0.1, 0.15) is 6.10 Å². The zero-order valence-electron chi connectivity index (χ0n) is 8.92. The van der Waals surface area contributed by atoms with Crippen LogP contribution >= 0.6 is 0 Å². The number of likely N-dealkylation sites (N-methyl/N-ethyl adjacent to an activating group) is 1. The second-order valence-electron chi connectivity index (χ2n) is 3.50. The van der Waals surface area contributed by atoms with E-state index in [9.17, 15) is 15.0 Å². The van der Waals surface area contributed by atoms with Crippen molar-refractivity contribution < 1.29 is 20.1 Å². The van der Waals surface area contributed by atoms with Crippen LogP contribution in [-0.4, -0.2) is 41.0 Å². The Hall–Kier alpha value is -1.43. The van der Waals surface area contributed by atoms with E-state index in [0.717, 1.165) is 0 Å².